The predicted molar refractivity (Wildman–Crippen MR) is 81.6 cm³/mol. The smallest absolute Gasteiger partial charge is 0.339 e. The number of non-ortho nitro benzene ring substituents is 1. The van der Waals surface area contributed by atoms with Crippen molar-refractivity contribution < 1.29 is 17.5 Å². The van der Waals surface area contributed by atoms with Gasteiger partial charge in [-0.2, -0.15) is 8.42 Å². The van der Waals surface area contributed by atoms with Crippen LogP contribution in [0.25, 0.3) is 0 Å². The molecular weight excluding hydrogens is 306 g/mol. The van der Waals surface area contributed by atoms with Crippen molar-refractivity contribution in [3.05, 3.63) is 63.2 Å². The molecular formula is C15H15NO5S. The first-order valence-corrected chi connectivity index (χ1v) is 7.88. The third-order valence-corrected chi connectivity index (χ3v) is 4.44. The summed E-state index contributed by atoms with van der Waals surface area (Å²) in [5.41, 5.74) is 1.81. The molecule has 7 heteroatoms. The van der Waals surface area contributed by atoms with Crippen molar-refractivity contribution in [1.29, 1.82) is 0 Å². The van der Waals surface area contributed by atoms with Gasteiger partial charge in [0, 0.05) is 12.1 Å². The lowest BCUT2D eigenvalue weighted by atomic mass is 10.1. The maximum absolute atomic E-state index is 12.4. The van der Waals surface area contributed by atoms with E-state index in [0.717, 1.165) is 17.2 Å². The van der Waals surface area contributed by atoms with E-state index in [0.29, 0.717) is 5.56 Å². The van der Waals surface area contributed by atoms with E-state index in [-0.39, 0.29) is 16.3 Å². The SMILES string of the molecule is Cc1cc(C)cc(OS(=O)(=O)c2cc([N+](=O)[O-])ccc2C)c1. The Balaban J connectivity index is 2.46. The normalized spacial score (nSPS) is 11.2. The Kier molecular flexibility index (Phi) is 4.18. The second kappa shape index (κ2) is 5.76. The second-order valence-electron chi connectivity index (χ2n) is 5.07. The molecule has 0 N–H and O–H groups in total. The molecule has 0 saturated carbocycles. The number of nitro benzene ring substituents is 1. The van der Waals surface area contributed by atoms with Gasteiger partial charge in [0.2, 0.25) is 0 Å². The highest BCUT2D eigenvalue weighted by atomic mass is 32.2. The summed E-state index contributed by atoms with van der Waals surface area (Å²) in [7, 11) is -4.14. The van der Waals surface area contributed by atoms with Crippen LogP contribution in [-0.4, -0.2) is 13.3 Å². The maximum Gasteiger partial charge on any atom is 0.339 e. The van der Waals surface area contributed by atoms with E-state index in [1.54, 1.807) is 19.1 Å². The molecule has 0 spiro atoms. The molecule has 0 fully saturated rings. The molecule has 0 aliphatic carbocycles. The van der Waals surface area contributed by atoms with Crippen LogP contribution in [0.2, 0.25) is 0 Å². The second-order valence-corrected chi connectivity index (χ2v) is 6.58. The van der Waals surface area contributed by atoms with Crippen LogP contribution in [0.3, 0.4) is 0 Å². The number of nitrogens with zero attached hydrogens (tertiary/aromatic N) is 1. The molecule has 0 aromatic heterocycles. The van der Waals surface area contributed by atoms with Gasteiger partial charge in [0.1, 0.15) is 10.6 Å². The highest BCUT2D eigenvalue weighted by molar-refractivity contribution is 7.87. The Morgan fingerprint density at radius 2 is 1.59 bits per heavy atom. The van der Waals surface area contributed by atoms with Gasteiger partial charge in [-0.15, -0.1) is 0 Å². The van der Waals surface area contributed by atoms with Crippen LogP contribution in [0.4, 0.5) is 5.69 Å². The molecule has 0 aliphatic heterocycles. The number of benzene rings is 2. The van der Waals surface area contributed by atoms with Crippen LogP contribution < -0.4 is 4.18 Å². The van der Waals surface area contributed by atoms with Gasteiger partial charge in [-0.05, 0) is 49.6 Å². The minimum absolute atomic E-state index is 0.184. The maximum atomic E-state index is 12.4. The van der Waals surface area contributed by atoms with Crippen LogP contribution in [0, 0.1) is 30.9 Å². The zero-order chi connectivity index (χ0) is 16.5. The summed E-state index contributed by atoms with van der Waals surface area (Å²) in [6, 6.07) is 8.72. The standard InChI is InChI=1S/C15H15NO5S/c1-10-6-11(2)8-14(7-10)21-22(19,20)15-9-13(16(17)18)5-4-12(15)3/h4-9H,1-3H3. The van der Waals surface area contributed by atoms with E-state index in [1.165, 1.54) is 12.1 Å². The Bertz CT molecular complexity index is 823. The molecule has 2 rings (SSSR count). The Labute approximate surface area is 128 Å². The summed E-state index contributed by atoms with van der Waals surface area (Å²) in [5, 5.41) is 10.8. The summed E-state index contributed by atoms with van der Waals surface area (Å²) < 4.78 is 29.9. The Hall–Kier alpha value is -2.41. The fourth-order valence-corrected chi connectivity index (χ4v) is 3.29. The van der Waals surface area contributed by atoms with Crippen molar-refractivity contribution in [3.8, 4) is 5.75 Å². The third kappa shape index (κ3) is 3.43. The predicted octanol–water partition coefficient (Wildman–Crippen LogP) is 3.29. The zero-order valence-electron chi connectivity index (χ0n) is 12.4. The number of hydrogen-bond acceptors (Lipinski definition) is 5. The van der Waals surface area contributed by atoms with Crippen LogP contribution in [-0.2, 0) is 10.1 Å². The van der Waals surface area contributed by atoms with Gasteiger partial charge in [-0.1, -0.05) is 12.1 Å². The van der Waals surface area contributed by atoms with Gasteiger partial charge in [-0.3, -0.25) is 10.1 Å². The van der Waals surface area contributed by atoms with Gasteiger partial charge < -0.3 is 4.18 Å². The third-order valence-electron chi connectivity index (χ3n) is 3.05. The lowest BCUT2D eigenvalue weighted by Gasteiger charge is -2.10. The van der Waals surface area contributed by atoms with E-state index in [2.05, 4.69) is 0 Å². The number of aryl methyl sites for hydroxylation is 3. The first kappa shape index (κ1) is 16.0. The lowest BCUT2D eigenvalue weighted by Crippen LogP contribution is -2.12. The summed E-state index contributed by atoms with van der Waals surface area (Å²) in [6.07, 6.45) is 0. The molecule has 2 aromatic rings. The molecule has 2 aromatic carbocycles. The lowest BCUT2D eigenvalue weighted by molar-refractivity contribution is -0.385. The summed E-state index contributed by atoms with van der Waals surface area (Å²) in [6.45, 7) is 5.21. The van der Waals surface area contributed by atoms with Crippen molar-refractivity contribution in [2.24, 2.45) is 0 Å². The largest absolute Gasteiger partial charge is 0.379 e. The quantitative estimate of drug-likeness (QED) is 0.490. The van der Waals surface area contributed by atoms with Crippen molar-refractivity contribution in [3.63, 3.8) is 0 Å². The number of nitro groups is 1. The first-order valence-electron chi connectivity index (χ1n) is 6.47. The van der Waals surface area contributed by atoms with Crippen molar-refractivity contribution in [2.45, 2.75) is 25.7 Å². The molecule has 0 saturated heterocycles. The van der Waals surface area contributed by atoms with Gasteiger partial charge in [0.25, 0.3) is 5.69 Å². The molecule has 0 radical (unpaired) electrons. The average molecular weight is 321 g/mol. The monoisotopic (exact) mass is 321 g/mol. The van der Waals surface area contributed by atoms with Gasteiger partial charge in [-0.25, -0.2) is 0 Å². The number of hydrogen-bond donors (Lipinski definition) is 0. The van der Waals surface area contributed by atoms with Crippen LogP contribution in [0.1, 0.15) is 16.7 Å². The number of rotatable bonds is 4. The van der Waals surface area contributed by atoms with Gasteiger partial charge in [0.05, 0.1) is 4.92 Å². The fraction of sp³-hybridized carbons (Fsp3) is 0.200. The topological polar surface area (TPSA) is 86.5 Å². The summed E-state index contributed by atoms with van der Waals surface area (Å²) >= 11 is 0. The Morgan fingerprint density at radius 1 is 1.00 bits per heavy atom. The van der Waals surface area contributed by atoms with E-state index in [4.69, 9.17) is 4.18 Å². The van der Waals surface area contributed by atoms with E-state index in [1.807, 2.05) is 19.9 Å². The first-order chi connectivity index (χ1) is 10.2. The fourth-order valence-electron chi connectivity index (χ4n) is 2.12. The summed E-state index contributed by atoms with van der Waals surface area (Å²) in [5.74, 6) is 0.184. The highest BCUT2D eigenvalue weighted by Gasteiger charge is 2.22. The van der Waals surface area contributed by atoms with E-state index < -0.39 is 15.0 Å². The highest BCUT2D eigenvalue weighted by Crippen LogP contribution is 2.26. The van der Waals surface area contributed by atoms with Crippen molar-refractivity contribution in [1.82, 2.24) is 0 Å². The van der Waals surface area contributed by atoms with Crippen LogP contribution in [0.15, 0.2) is 41.3 Å². The molecule has 0 atom stereocenters. The zero-order valence-corrected chi connectivity index (χ0v) is 13.2. The molecule has 0 unspecified atom stereocenters. The molecule has 0 heterocycles. The van der Waals surface area contributed by atoms with Gasteiger partial charge in [0.15, 0.2) is 0 Å². The molecule has 0 aliphatic rings. The molecule has 22 heavy (non-hydrogen) atoms. The molecule has 0 amide bonds. The van der Waals surface area contributed by atoms with E-state index >= 15 is 0 Å². The molecule has 116 valence electrons. The van der Waals surface area contributed by atoms with Crippen molar-refractivity contribution >= 4 is 15.8 Å². The molecule has 0 bridgehead atoms. The average Bonchev–Trinajstić information content (AvgIpc) is 2.36. The van der Waals surface area contributed by atoms with Gasteiger partial charge >= 0.3 is 10.1 Å². The minimum Gasteiger partial charge on any atom is -0.379 e. The Morgan fingerprint density at radius 3 is 2.14 bits per heavy atom. The molecule has 6 nitrogen and oxygen atoms in total. The van der Waals surface area contributed by atoms with Crippen molar-refractivity contribution in [2.75, 3.05) is 0 Å². The minimum atomic E-state index is -4.14. The van der Waals surface area contributed by atoms with Crippen LogP contribution in [0.5, 0.6) is 5.75 Å². The van der Waals surface area contributed by atoms with E-state index in [9.17, 15) is 18.5 Å². The summed E-state index contributed by atoms with van der Waals surface area (Å²) in [4.78, 5) is 9.96. The van der Waals surface area contributed by atoms with Crippen LogP contribution >= 0.6 is 0 Å².